The topological polar surface area (TPSA) is 30.3 Å². The van der Waals surface area contributed by atoms with Crippen molar-refractivity contribution in [1.29, 1.82) is 0 Å². The van der Waals surface area contributed by atoms with E-state index in [4.69, 9.17) is 9.72 Å². The summed E-state index contributed by atoms with van der Waals surface area (Å²) in [6.07, 6.45) is 5.29. The van der Waals surface area contributed by atoms with E-state index in [1.165, 1.54) is 49.9 Å². The van der Waals surface area contributed by atoms with Crippen molar-refractivity contribution in [2.75, 3.05) is 19.7 Å². The number of rotatable bonds is 6. The van der Waals surface area contributed by atoms with Gasteiger partial charge in [0.25, 0.3) is 0 Å². The van der Waals surface area contributed by atoms with Crippen LogP contribution in [0.25, 0.3) is 11.0 Å². The second kappa shape index (κ2) is 8.78. The van der Waals surface area contributed by atoms with Crippen LogP contribution in [0.15, 0.2) is 48.5 Å². The van der Waals surface area contributed by atoms with Crippen molar-refractivity contribution >= 4 is 11.0 Å². The Morgan fingerprint density at radius 2 is 1.79 bits per heavy atom. The molecule has 4 heteroatoms. The second-order valence-corrected chi connectivity index (χ2v) is 7.90. The number of hydrogen-bond donors (Lipinski definition) is 0. The van der Waals surface area contributed by atoms with Crippen molar-refractivity contribution in [3.8, 4) is 5.75 Å². The van der Waals surface area contributed by atoms with E-state index in [1.807, 2.05) is 12.1 Å². The molecule has 1 fully saturated rings. The van der Waals surface area contributed by atoms with Crippen LogP contribution in [-0.4, -0.2) is 34.1 Å². The predicted molar refractivity (Wildman–Crippen MR) is 115 cm³/mol. The lowest BCUT2D eigenvalue weighted by atomic mass is 10.2. The van der Waals surface area contributed by atoms with Gasteiger partial charge >= 0.3 is 0 Å². The number of nitrogens with zero attached hydrogens (tertiary/aromatic N) is 3. The fourth-order valence-electron chi connectivity index (χ4n) is 4.25. The van der Waals surface area contributed by atoms with E-state index in [0.29, 0.717) is 12.6 Å². The van der Waals surface area contributed by atoms with Crippen LogP contribution in [0, 0.1) is 6.92 Å². The number of hydrogen-bond acceptors (Lipinski definition) is 3. The molecule has 0 aliphatic carbocycles. The standard InChI is InChI=1S/C24H31N3O/c1-19-10-9-11-21(18-19)28-17-16-27-23-13-6-5-12-22(23)25-24(27)20(2)26-14-7-3-4-8-15-26/h5-6,9-13,18,20H,3-4,7-8,14-17H2,1-2H3. The molecule has 3 aromatic rings. The highest BCUT2D eigenvalue weighted by molar-refractivity contribution is 5.76. The van der Waals surface area contributed by atoms with Gasteiger partial charge in [-0.25, -0.2) is 4.98 Å². The van der Waals surface area contributed by atoms with E-state index in [2.05, 4.69) is 59.7 Å². The molecular formula is C24H31N3O. The number of aromatic nitrogens is 2. The maximum atomic E-state index is 6.05. The molecule has 0 saturated carbocycles. The summed E-state index contributed by atoms with van der Waals surface area (Å²) in [6.45, 7) is 8.20. The van der Waals surface area contributed by atoms with Crippen molar-refractivity contribution < 1.29 is 4.74 Å². The Morgan fingerprint density at radius 1 is 1.00 bits per heavy atom. The van der Waals surface area contributed by atoms with Crippen LogP contribution in [0.2, 0.25) is 0 Å². The van der Waals surface area contributed by atoms with Crippen LogP contribution in [-0.2, 0) is 6.54 Å². The number of benzene rings is 2. The smallest absolute Gasteiger partial charge is 0.127 e. The van der Waals surface area contributed by atoms with Gasteiger partial charge in [-0.05, 0) is 69.6 Å². The van der Waals surface area contributed by atoms with Crippen LogP contribution < -0.4 is 4.74 Å². The first-order chi connectivity index (χ1) is 13.7. The van der Waals surface area contributed by atoms with E-state index in [0.717, 1.165) is 23.6 Å². The van der Waals surface area contributed by atoms with Crippen LogP contribution in [0.1, 0.15) is 50.0 Å². The van der Waals surface area contributed by atoms with Gasteiger partial charge < -0.3 is 9.30 Å². The van der Waals surface area contributed by atoms with Gasteiger partial charge in [-0.3, -0.25) is 4.90 Å². The van der Waals surface area contributed by atoms with E-state index in [1.54, 1.807) is 0 Å². The molecule has 0 bridgehead atoms. The van der Waals surface area contributed by atoms with E-state index < -0.39 is 0 Å². The maximum absolute atomic E-state index is 6.05. The molecule has 2 aromatic carbocycles. The lowest BCUT2D eigenvalue weighted by Gasteiger charge is -2.27. The number of likely N-dealkylation sites (tertiary alicyclic amines) is 1. The summed E-state index contributed by atoms with van der Waals surface area (Å²) >= 11 is 0. The van der Waals surface area contributed by atoms with Gasteiger partial charge in [-0.1, -0.05) is 37.1 Å². The molecule has 1 aliphatic heterocycles. The molecule has 4 nitrogen and oxygen atoms in total. The third-order valence-electron chi connectivity index (χ3n) is 5.82. The van der Waals surface area contributed by atoms with E-state index in [9.17, 15) is 0 Å². The average molecular weight is 378 g/mol. The summed E-state index contributed by atoms with van der Waals surface area (Å²) < 4.78 is 8.41. The monoisotopic (exact) mass is 377 g/mol. The Bertz CT molecular complexity index is 909. The largest absolute Gasteiger partial charge is 0.492 e. The van der Waals surface area contributed by atoms with Crippen LogP contribution >= 0.6 is 0 Å². The minimum atomic E-state index is 0.324. The summed E-state index contributed by atoms with van der Waals surface area (Å²) in [5.41, 5.74) is 3.50. The first-order valence-corrected chi connectivity index (χ1v) is 10.6. The summed E-state index contributed by atoms with van der Waals surface area (Å²) in [7, 11) is 0. The van der Waals surface area contributed by atoms with Gasteiger partial charge in [-0.15, -0.1) is 0 Å². The number of aryl methyl sites for hydroxylation is 1. The maximum Gasteiger partial charge on any atom is 0.127 e. The van der Waals surface area contributed by atoms with Crippen molar-refractivity contribution in [2.45, 2.75) is 52.1 Å². The minimum Gasteiger partial charge on any atom is -0.492 e. The zero-order valence-corrected chi connectivity index (χ0v) is 17.1. The van der Waals surface area contributed by atoms with Crippen LogP contribution in [0.5, 0.6) is 5.75 Å². The lowest BCUT2D eigenvalue weighted by Crippen LogP contribution is -2.30. The van der Waals surface area contributed by atoms with Crippen LogP contribution in [0.4, 0.5) is 0 Å². The number of para-hydroxylation sites is 2. The molecule has 148 valence electrons. The Labute approximate surface area is 168 Å². The molecule has 1 unspecified atom stereocenters. The lowest BCUT2D eigenvalue weighted by molar-refractivity contribution is 0.204. The molecule has 4 rings (SSSR count). The summed E-state index contributed by atoms with van der Waals surface area (Å²) in [6, 6.07) is 17.0. The Kier molecular flexibility index (Phi) is 5.96. The average Bonchev–Trinajstić information content (AvgIpc) is 2.88. The second-order valence-electron chi connectivity index (χ2n) is 7.90. The van der Waals surface area contributed by atoms with Gasteiger partial charge in [0.15, 0.2) is 0 Å². The molecule has 0 amide bonds. The zero-order chi connectivity index (χ0) is 19.3. The third kappa shape index (κ3) is 4.22. The first-order valence-electron chi connectivity index (χ1n) is 10.6. The van der Waals surface area contributed by atoms with Crippen molar-refractivity contribution in [3.63, 3.8) is 0 Å². The van der Waals surface area contributed by atoms with E-state index >= 15 is 0 Å². The molecule has 1 saturated heterocycles. The summed E-state index contributed by atoms with van der Waals surface area (Å²) in [4.78, 5) is 7.63. The highest BCUT2D eigenvalue weighted by Gasteiger charge is 2.23. The molecule has 0 spiro atoms. The van der Waals surface area contributed by atoms with Gasteiger partial charge in [0.05, 0.1) is 23.6 Å². The Morgan fingerprint density at radius 3 is 2.57 bits per heavy atom. The van der Waals surface area contributed by atoms with Gasteiger partial charge in [0.2, 0.25) is 0 Å². The third-order valence-corrected chi connectivity index (χ3v) is 5.82. The zero-order valence-electron chi connectivity index (χ0n) is 17.1. The molecule has 2 heterocycles. The SMILES string of the molecule is Cc1cccc(OCCn2c(C(C)N3CCCCCC3)nc3ccccc32)c1. The molecule has 28 heavy (non-hydrogen) atoms. The number of ether oxygens (including phenoxy) is 1. The molecule has 1 aromatic heterocycles. The normalized spacial score (nSPS) is 16.8. The van der Waals surface area contributed by atoms with Crippen LogP contribution in [0.3, 0.4) is 0 Å². The van der Waals surface area contributed by atoms with Gasteiger partial charge in [-0.2, -0.15) is 0 Å². The minimum absolute atomic E-state index is 0.324. The van der Waals surface area contributed by atoms with Crippen molar-refractivity contribution in [1.82, 2.24) is 14.5 Å². The fourth-order valence-corrected chi connectivity index (χ4v) is 4.25. The van der Waals surface area contributed by atoms with Crippen molar-refractivity contribution in [2.24, 2.45) is 0 Å². The molecule has 0 radical (unpaired) electrons. The number of imidazole rings is 1. The molecule has 0 N–H and O–H groups in total. The van der Waals surface area contributed by atoms with Gasteiger partial charge in [0, 0.05) is 0 Å². The molecule has 1 atom stereocenters. The summed E-state index contributed by atoms with van der Waals surface area (Å²) in [5, 5.41) is 0. The Hall–Kier alpha value is -2.33. The highest BCUT2D eigenvalue weighted by atomic mass is 16.5. The highest BCUT2D eigenvalue weighted by Crippen LogP contribution is 2.27. The summed E-state index contributed by atoms with van der Waals surface area (Å²) in [5.74, 6) is 2.10. The van der Waals surface area contributed by atoms with Gasteiger partial charge in [0.1, 0.15) is 18.2 Å². The number of fused-ring (bicyclic) bond motifs is 1. The first kappa shape index (κ1) is 19.0. The molecular weight excluding hydrogens is 346 g/mol. The fraction of sp³-hybridized carbons (Fsp3) is 0.458. The quantitative estimate of drug-likeness (QED) is 0.579. The molecule has 1 aliphatic rings. The Balaban J connectivity index is 1.56. The predicted octanol–water partition coefficient (Wildman–Crippen LogP) is 5.36. The van der Waals surface area contributed by atoms with E-state index in [-0.39, 0.29) is 0 Å². The van der Waals surface area contributed by atoms with Crippen molar-refractivity contribution in [3.05, 3.63) is 59.9 Å².